The lowest BCUT2D eigenvalue weighted by Gasteiger charge is -2.26. The molecule has 7 nitrogen and oxygen atoms in total. The van der Waals surface area contributed by atoms with Crippen molar-refractivity contribution in [1.29, 1.82) is 0 Å². The number of hydrogen-bond acceptors (Lipinski definition) is 6. The van der Waals surface area contributed by atoms with E-state index >= 15 is 0 Å². The molecule has 5 rings (SSSR count). The molecule has 0 amide bonds. The van der Waals surface area contributed by atoms with Crippen LogP contribution in [0.1, 0.15) is 37.4 Å². The fourth-order valence-electron chi connectivity index (χ4n) is 4.45. The van der Waals surface area contributed by atoms with Crippen molar-refractivity contribution in [3.63, 3.8) is 0 Å². The van der Waals surface area contributed by atoms with Gasteiger partial charge in [0.2, 0.25) is 5.88 Å². The first-order chi connectivity index (χ1) is 16.7. The summed E-state index contributed by atoms with van der Waals surface area (Å²) in [7, 11) is 0. The molecule has 1 aliphatic heterocycles. The van der Waals surface area contributed by atoms with Gasteiger partial charge in [-0.2, -0.15) is 5.10 Å². The largest absolute Gasteiger partial charge is 0.478 e. The predicted molar refractivity (Wildman–Crippen MR) is 137 cm³/mol. The Morgan fingerprint density at radius 3 is 2.74 bits per heavy atom. The van der Waals surface area contributed by atoms with Crippen molar-refractivity contribution in [3.8, 4) is 17.0 Å². The third-order valence-electron chi connectivity index (χ3n) is 6.16. The van der Waals surface area contributed by atoms with Crippen LogP contribution in [0.25, 0.3) is 27.7 Å². The van der Waals surface area contributed by atoms with Crippen LogP contribution < -0.4 is 10.1 Å². The van der Waals surface area contributed by atoms with E-state index in [2.05, 4.69) is 61.2 Å². The summed E-state index contributed by atoms with van der Waals surface area (Å²) in [6.07, 6.45) is 9.57. The summed E-state index contributed by atoms with van der Waals surface area (Å²) in [5.41, 5.74) is 6.74. The van der Waals surface area contributed by atoms with Crippen molar-refractivity contribution < 1.29 is 4.74 Å². The van der Waals surface area contributed by atoms with Crippen LogP contribution in [0.4, 0.5) is 5.69 Å². The number of rotatable bonds is 8. The molecule has 0 bridgehead atoms. The molecular weight excluding hydrogens is 424 g/mol. The third-order valence-corrected chi connectivity index (χ3v) is 6.16. The summed E-state index contributed by atoms with van der Waals surface area (Å²) in [5.74, 6) is 0.602. The van der Waals surface area contributed by atoms with Crippen molar-refractivity contribution in [2.45, 2.75) is 32.7 Å². The van der Waals surface area contributed by atoms with Gasteiger partial charge in [-0.3, -0.25) is 15.0 Å². The fourth-order valence-corrected chi connectivity index (χ4v) is 4.45. The Hall–Kier alpha value is -3.71. The number of fused-ring (bicyclic) bond motifs is 1. The number of ether oxygens (including phenoxy) is 1. The molecule has 1 aliphatic rings. The van der Waals surface area contributed by atoms with E-state index in [9.17, 15) is 0 Å². The monoisotopic (exact) mass is 454 g/mol. The topological polar surface area (TPSA) is 79.0 Å². The molecule has 174 valence electrons. The number of nitrogens with one attached hydrogen (secondary N) is 2. The van der Waals surface area contributed by atoms with E-state index in [1.54, 1.807) is 6.20 Å². The van der Waals surface area contributed by atoms with Crippen LogP contribution >= 0.6 is 0 Å². The van der Waals surface area contributed by atoms with E-state index in [4.69, 9.17) is 4.74 Å². The molecule has 0 atom stereocenters. The van der Waals surface area contributed by atoms with E-state index in [1.165, 1.54) is 37.9 Å². The second kappa shape index (κ2) is 10.1. The van der Waals surface area contributed by atoms with Crippen molar-refractivity contribution >= 4 is 22.3 Å². The molecular formula is C27H30N6O. The lowest BCUT2D eigenvalue weighted by molar-refractivity contribution is 0.220. The van der Waals surface area contributed by atoms with Gasteiger partial charge in [0, 0.05) is 36.0 Å². The van der Waals surface area contributed by atoms with Gasteiger partial charge in [-0.05, 0) is 68.2 Å². The summed E-state index contributed by atoms with van der Waals surface area (Å²) in [4.78, 5) is 11.4. The van der Waals surface area contributed by atoms with Crippen LogP contribution in [0.2, 0.25) is 0 Å². The molecule has 0 spiro atoms. The summed E-state index contributed by atoms with van der Waals surface area (Å²) >= 11 is 0. The van der Waals surface area contributed by atoms with Gasteiger partial charge in [0.15, 0.2) is 0 Å². The first kappa shape index (κ1) is 22.1. The molecule has 0 radical (unpaired) electrons. The van der Waals surface area contributed by atoms with E-state index in [1.807, 2.05) is 31.5 Å². The minimum absolute atomic E-state index is 0.588. The number of aromatic nitrogens is 4. The number of anilines is 1. The zero-order valence-corrected chi connectivity index (χ0v) is 19.6. The zero-order valence-electron chi connectivity index (χ0n) is 19.6. The molecule has 0 aliphatic carbocycles. The van der Waals surface area contributed by atoms with Crippen LogP contribution in [0.3, 0.4) is 0 Å². The second-order valence-corrected chi connectivity index (χ2v) is 8.67. The molecule has 1 fully saturated rings. The van der Waals surface area contributed by atoms with Crippen molar-refractivity contribution in [1.82, 2.24) is 25.1 Å². The van der Waals surface area contributed by atoms with Crippen LogP contribution in [0.15, 0.2) is 61.6 Å². The van der Waals surface area contributed by atoms with Gasteiger partial charge in [0.05, 0.1) is 29.7 Å². The van der Waals surface area contributed by atoms with Crippen molar-refractivity contribution in [2.24, 2.45) is 0 Å². The van der Waals surface area contributed by atoms with Crippen molar-refractivity contribution in [2.75, 3.05) is 25.0 Å². The van der Waals surface area contributed by atoms with Gasteiger partial charge in [0.25, 0.3) is 0 Å². The first-order valence-electron chi connectivity index (χ1n) is 11.9. The van der Waals surface area contributed by atoms with E-state index < -0.39 is 0 Å². The molecule has 34 heavy (non-hydrogen) atoms. The maximum absolute atomic E-state index is 5.42. The Morgan fingerprint density at radius 1 is 1.06 bits per heavy atom. The molecule has 4 aromatic rings. The van der Waals surface area contributed by atoms with Crippen LogP contribution in [0, 0.1) is 0 Å². The number of hydrogen-bond donors (Lipinski definition) is 2. The smallest absolute Gasteiger partial charge is 0.213 e. The fraction of sp³-hybridized carbons (Fsp3) is 0.296. The molecule has 7 heteroatoms. The molecule has 4 heterocycles. The first-order valence-corrected chi connectivity index (χ1v) is 11.9. The van der Waals surface area contributed by atoms with Gasteiger partial charge in [-0.1, -0.05) is 19.1 Å². The molecule has 1 aromatic carbocycles. The zero-order chi connectivity index (χ0) is 23.3. The van der Waals surface area contributed by atoms with E-state index in [0.717, 1.165) is 40.0 Å². The molecule has 0 unspecified atom stereocenters. The molecule has 3 aromatic heterocycles. The number of piperidine rings is 1. The maximum Gasteiger partial charge on any atom is 0.213 e. The highest BCUT2D eigenvalue weighted by atomic mass is 16.5. The average Bonchev–Trinajstić information content (AvgIpc) is 3.30. The van der Waals surface area contributed by atoms with Gasteiger partial charge in [0.1, 0.15) is 5.69 Å². The standard InChI is InChI=1S/C27H30N6O/c1-3-34-26-10-8-23(17-29-26)30-19(2)27-24-14-21(7-9-25(24)31-32-27)22-13-20(15-28-16-22)18-33-11-5-4-6-12-33/h7-10,13-17,30H,2-6,11-12,18H2,1H3,(H,31,32). The molecule has 2 N–H and O–H groups in total. The third kappa shape index (κ3) is 4.94. The van der Waals surface area contributed by atoms with Gasteiger partial charge >= 0.3 is 0 Å². The predicted octanol–water partition coefficient (Wildman–Crippen LogP) is 5.49. The average molecular weight is 455 g/mol. The Morgan fingerprint density at radius 2 is 1.94 bits per heavy atom. The number of aromatic amines is 1. The Labute approximate surface area is 199 Å². The number of H-pyrrole nitrogens is 1. The van der Waals surface area contributed by atoms with E-state index in [-0.39, 0.29) is 0 Å². The molecule has 1 saturated heterocycles. The minimum Gasteiger partial charge on any atom is -0.478 e. The normalized spacial score (nSPS) is 14.3. The number of pyridine rings is 2. The number of nitrogens with zero attached hydrogens (tertiary/aromatic N) is 4. The number of benzene rings is 1. The van der Waals surface area contributed by atoms with Gasteiger partial charge < -0.3 is 10.1 Å². The van der Waals surface area contributed by atoms with Crippen LogP contribution in [-0.2, 0) is 6.54 Å². The van der Waals surface area contributed by atoms with Gasteiger partial charge in [-0.25, -0.2) is 4.98 Å². The van der Waals surface area contributed by atoms with Crippen LogP contribution in [0.5, 0.6) is 5.88 Å². The summed E-state index contributed by atoms with van der Waals surface area (Å²) in [5, 5.41) is 11.9. The summed E-state index contributed by atoms with van der Waals surface area (Å²) in [6.45, 7) is 10.0. The van der Waals surface area contributed by atoms with E-state index in [0.29, 0.717) is 18.2 Å². The molecule has 0 saturated carbocycles. The van der Waals surface area contributed by atoms with Crippen LogP contribution in [-0.4, -0.2) is 44.8 Å². The summed E-state index contributed by atoms with van der Waals surface area (Å²) < 4.78 is 5.42. The maximum atomic E-state index is 5.42. The Bertz CT molecular complexity index is 1270. The number of likely N-dealkylation sites (tertiary alicyclic amines) is 1. The SMILES string of the molecule is C=C(Nc1ccc(OCC)nc1)c1n[nH]c2ccc(-c3cncc(CN4CCCCC4)c3)cc12. The van der Waals surface area contributed by atoms with Gasteiger partial charge in [-0.15, -0.1) is 0 Å². The minimum atomic E-state index is 0.588. The highest BCUT2D eigenvalue weighted by molar-refractivity contribution is 5.95. The van der Waals surface area contributed by atoms with Crippen molar-refractivity contribution in [3.05, 3.63) is 72.8 Å². The Balaban J connectivity index is 1.36. The lowest BCUT2D eigenvalue weighted by atomic mass is 10.0. The Kier molecular flexibility index (Phi) is 6.53. The quantitative estimate of drug-likeness (QED) is 0.367. The summed E-state index contributed by atoms with van der Waals surface area (Å²) in [6, 6.07) is 12.3. The lowest BCUT2D eigenvalue weighted by Crippen LogP contribution is -2.29. The highest BCUT2D eigenvalue weighted by Crippen LogP contribution is 2.29. The highest BCUT2D eigenvalue weighted by Gasteiger charge is 2.13. The second-order valence-electron chi connectivity index (χ2n) is 8.67.